The van der Waals surface area contributed by atoms with Crippen LogP contribution in [0.3, 0.4) is 0 Å². The van der Waals surface area contributed by atoms with Gasteiger partial charge in [0.2, 0.25) is 0 Å². The molecule has 0 aromatic carbocycles. The lowest BCUT2D eigenvalue weighted by atomic mass is 9.83. The summed E-state index contributed by atoms with van der Waals surface area (Å²) in [6, 6.07) is 0.477. The Kier molecular flexibility index (Phi) is 5.40. The topological polar surface area (TPSA) is 76.1 Å². The van der Waals surface area contributed by atoms with Crippen molar-refractivity contribution in [2.45, 2.75) is 96.6 Å². The zero-order valence-electron chi connectivity index (χ0n) is 17.9. The third-order valence-electron chi connectivity index (χ3n) is 5.83. The summed E-state index contributed by atoms with van der Waals surface area (Å²) in [6.45, 7) is 12.1. The molecular formula is C21H34N2O5. The first kappa shape index (κ1) is 20.9. The Balaban J connectivity index is 0.000000162. The minimum absolute atomic E-state index is 0.127. The standard InChI is InChI=1S/C11H17NO3.C10H17NO2/c1-11(2,3)15-10(14)12-8-4-7(5-8)9(12)6-13;1-10(2,3)13-9(12)11-6-7-4-8(11)5-7/h6-9H,4-5H2,1-3H3;7-8H,4-6H2,1-3H3. The van der Waals surface area contributed by atoms with Crippen LogP contribution in [-0.2, 0) is 14.3 Å². The second kappa shape index (κ2) is 7.23. The highest BCUT2D eigenvalue weighted by Crippen LogP contribution is 2.45. The van der Waals surface area contributed by atoms with Gasteiger partial charge in [-0.2, -0.15) is 0 Å². The molecule has 0 spiro atoms. The van der Waals surface area contributed by atoms with E-state index in [2.05, 4.69) is 0 Å². The van der Waals surface area contributed by atoms with Gasteiger partial charge in [-0.15, -0.1) is 0 Å². The third-order valence-corrected chi connectivity index (χ3v) is 5.83. The van der Waals surface area contributed by atoms with E-state index in [1.54, 1.807) is 4.90 Å². The number of carbonyl (C=O) groups is 3. The van der Waals surface area contributed by atoms with Crippen LogP contribution in [0, 0.1) is 11.8 Å². The van der Waals surface area contributed by atoms with Crippen LogP contribution in [0.4, 0.5) is 9.59 Å². The highest BCUT2D eigenvalue weighted by Gasteiger charge is 2.53. The second-order valence-corrected chi connectivity index (χ2v) is 10.5. The average Bonchev–Trinajstić information content (AvgIpc) is 3.19. The van der Waals surface area contributed by atoms with Gasteiger partial charge in [-0.1, -0.05) is 0 Å². The van der Waals surface area contributed by atoms with Crippen molar-refractivity contribution in [3.8, 4) is 0 Å². The van der Waals surface area contributed by atoms with Crippen LogP contribution in [-0.4, -0.2) is 64.1 Å². The predicted octanol–water partition coefficient (Wildman–Crippen LogP) is 3.60. The lowest BCUT2D eigenvalue weighted by Gasteiger charge is -2.28. The molecule has 6 aliphatic rings. The minimum Gasteiger partial charge on any atom is -0.444 e. The normalized spacial score (nSPS) is 32.6. The van der Waals surface area contributed by atoms with Gasteiger partial charge in [0.05, 0.1) is 6.04 Å². The molecule has 2 aliphatic carbocycles. The molecule has 4 saturated heterocycles. The molecule has 0 aromatic rings. The molecule has 0 N–H and O–H groups in total. The molecule has 2 amide bonds. The molecule has 1 atom stereocenters. The van der Waals surface area contributed by atoms with Crippen molar-refractivity contribution in [3.05, 3.63) is 0 Å². The van der Waals surface area contributed by atoms with E-state index in [1.807, 2.05) is 46.4 Å². The van der Waals surface area contributed by atoms with Crippen molar-refractivity contribution < 1.29 is 23.9 Å². The minimum atomic E-state index is -0.489. The van der Waals surface area contributed by atoms with Gasteiger partial charge in [0, 0.05) is 18.6 Å². The first-order chi connectivity index (χ1) is 12.9. The number of fused-ring (bicyclic) bond motifs is 2. The average molecular weight is 395 g/mol. The first-order valence-corrected chi connectivity index (χ1v) is 10.3. The van der Waals surface area contributed by atoms with Crippen LogP contribution < -0.4 is 0 Å². The molecule has 4 heterocycles. The van der Waals surface area contributed by atoms with Gasteiger partial charge in [0.25, 0.3) is 0 Å². The summed E-state index contributed by atoms with van der Waals surface area (Å²) >= 11 is 0. The zero-order valence-corrected chi connectivity index (χ0v) is 17.9. The summed E-state index contributed by atoms with van der Waals surface area (Å²) in [4.78, 5) is 37.8. The molecule has 28 heavy (non-hydrogen) atoms. The summed E-state index contributed by atoms with van der Waals surface area (Å²) < 4.78 is 10.6. The molecule has 6 rings (SSSR count). The Morgan fingerprint density at radius 3 is 1.82 bits per heavy atom. The van der Waals surface area contributed by atoms with E-state index in [0.29, 0.717) is 12.0 Å². The number of carbonyl (C=O) groups excluding carboxylic acids is 3. The van der Waals surface area contributed by atoms with Crippen molar-refractivity contribution in [1.29, 1.82) is 0 Å². The number of hydrogen-bond acceptors (Lipinski definition) is 5. The highest BCUT2D eigenvalue weighted by molar-refractivity contribution is 5.76. The quantitative estimate of drug-likeness (QED) is 0.635. The lowest BCUT2D eigenvalue weighted by Crippen LogP contribution is -2.42. The van der Waals surface area contributed by atoms with Gasteiger partial charge in [0.1, 0.15) is 17.5 Å². The maximum atomic E-state index is 11.8. The Morgan fingerprint density at radius 2 is 1.39 bits per heavy atom. The fourth-order valence-corrected chi connectivity index (χ4v) is 4.44. The molecule has 6 fully saturated rings. The van der Waals surface area contributed by atoms with Gasteiger partial charge in [0.15, 0.2) is 0 Å². The molecular weight excluding hydrogens is 360 g/mol. The van der Waals surface area contributed by atoms with E-state index >= 15 is 0 Å². The van der Waals surface area contributed by atoms with E-state index < -0.39 is 5.60 Å². The Labute approximate surface area is 167 Å². The summed E-state index contributed by atoms with van der Waals surface area (Å²) in [5, 5.41) is 0. The van der Waals surface area contributed by atoms with Crippen LogP contribution in [0.1, 0.15) is 67.2 Å². The fraction of sp³-hybridized carbons (Fsp3) is 0.857. The van der Waals surface area contributed by atoms with Crippen molar-refractivity contribution >= 4 is 18.5 Å². The number of hydrogen-bond donors (Lipinski definition) is 0. The smallest absolute Gasteiger partial charge is 0.411 e. The van der Waals surface area contributed by atoms with E-state index in [-0.39, 0.29) is 29.9 Å². The van der Waals surface area contributed by atoms with Crippen LogP contribution in [0.25, 0.3) is 0 Å². The Hall–Kier alpha value is -1.79. The number of nitrogens with zero attached hydrogens (tertiary/aromatic N) is 2. The molecule has 0 aromatic heterocycles. The maximum Gasteiger partial charge on any atom is 0.411 e. The zero-order chi connectivity index (χ0) is 20.9. The SMILES string of the molecule is CC(C)(C)OC(=O)N1C2CC(C2)C1C=O.CC(C)(C)OC(=O)N1CC2CC1C2. The summed E-state index contributed by atoms with van der Waals surface area (Å²) in [5.41, 5.74) is -0.846. The summed E-state index contributed by atoms with van der Waals surface area (Å²) in [6.07, 6.45) is 4.72. The van der Waals surface area contributed by atoms with E-state index in [0.717, 1.165) is 31.6 Å². The van der Waals surface area contributed by atoms with E-state index in [9.17, 15) is 14.4 Å². The molecule has 158 valence electrons. The van der Waals surface area contributed by atoms with Crippen LogP contribution in [0.2, 0.25) is 0 Å². The van der Waals surface area contributed by atoms with Gasteiger partial charge in [-0.05, 0) is 79.1 Å². The Morgan fingerprint density at radius 1 is 0.857 bits per heavy atom. The third kappa shape index (κ3) is 4.44. The number of rotatable bonds is 1. The van der Waals surface area contributed by atoms with E-state index in [1.165, 1.54) is 12.8 Å². The monoisotopic (exact) mass is 394 g/mol. The van der Waals surface area contributed by atoms with Crippen molar-refractivity contribution in [2.75, 3.05) is 6.54 Å². The second-order valence-electron chi connectivity index (χ2n) is 10.5. The summed E-state index contributed by atoms with van der Waals surface area (Å²) in [7, 11) is 0. The van der Waals surface area contributed by atoms with Crippen LogP contribution in [0.5, 0.6) is 0 Å². The molecule has 7 nitrogen and oxygen atoms in total. The van der Waals surface area contributed by atoms with Gasteiger partial charge in [-0.25, -0.2) is 9.59 Å². The van der Waals surface area contributed by atoms with E-state index in [4.69, 9.17) is 9.47 Å². The lowest BCUT2D eigenvalue weighted by molar-refractivity contribution is -0.111. The Bertz CT molecular complexity index is 624. The summed E-state index contributed by atoms with van der Waals surface area (Å²) in [5.74, 6) is 1.14. The maximum absolute atomic E-state index is 11.8. The van der Waals surface area contributed by atoms with Crippen LogP contribution >= 0.6 is 0 Å². The van der Waals surface area contributed by atoms with Crippen molar-refractivity contribution in [2.24, 2.45) is 11.8 Å². The molecule has 4 aliphatic heterocycles. The molecule has 1 unspecified atom stereocenters. The number of aldehydes is 1. The largest absolute Gasteiger partial charge is 0.444 e. The van der Waals surface area contributed by atoms with Gasteiger partial charge >= 0.3 is 12.2 Å². The molecule has 4 bridgehead atoms. The molecule has 2 saturated carbocycles. The molecule has 7 heteroatoms. The number of ether oxygens (including phenoxy) is 2. The van der Waals surface area contributed by atoms with Gasteiger partial charge < -0.3 is 19.2 Å². The van der Waals surface area contributed by atoms with Crippen molar-refractivity contribution in [1.82, 2.24) is 9.80 Å². The van der Waals surface area contributed by atoms with Crippen LogP contribution in [0.15, 0.2) is 0 Å². The first-order valence-electron chi connectivity index (χ1n) is 10.3. The fourth-order valence-electron chi connectivity index (χ4n) is 4.44. The predicted molar refractivity (Wildman–Crippen MR) is 104 cm³/mol. The van der Waals surface area contributed by atoms with Gasteiger partial charge in [-0.3, -0.25) is 4.90 Å². The number of amides is 2. The van der Waals surface area contributed by atoms with Crippen molar-refractivity contribution in [3.63, 3.8) is 0 Å². The highest BCUT2D eigenvalue weighted by atomic mass is 16.6. The molecule has 0 radical (unpaired) electrons.